The third-order valence-electron chi connectivity index (χ3n) is 6.72. The van der Waals surface area contributed by atoms with Gasteiger partial charge in [-0.05, 0) is 25.5 Å². The van der Waals surface area contributed by atoms with Crippen LogP contribution in [0.1, 0.15) is 24.0 Å². The second-order valence-corrected chi connectivity index (χ2v) is 9.13. The monoisotopic (exact) mass is 495 g/mol. The molecule has 2 saturated heterocycles. The molecular formula is C25H33N7O4. The first-order valence-corrected chi connectivity index (χ1v) is 12.4. The number of ether oxygens (including phenoxy) is 2. The smallest absolute Gasteiger partial charge is 0.269 e. The zero-order chi connectivity index (χ0) is 25.3. The van der Waals surface area contributed by atoms with Gasteiger partial charge in [0.1, 0.15) is 11.9 Å². The van der Waals surface area contributed by atoms with E-state index in [1.807, 2.05) is 17.9 Å². The molecule has 2 aromatic heterocycles. The summed E-state index contributed by atoms with van der Waals surface area (Å²) in [6.07, 6.45) is 4.65. The molecule has 0 radical (unpaired) electrons. The number of hydrogen-bond acceptors (Lipinski definition) is 9. The van der Waals surface area contributed by atoms with Crippen LogP contribution in [0.25, 0.3) is 0 Å². The number of anilines is 2. The minimum atomic E-state index is -0.148. The second kappa shape index (κ2) is 12.5. The topological polar surface area (TPSA) is 128 Å². The van der Waals surface area contributed by atoms with E-state index in [4.69, 9.17) is 14.7 Å². The number of nitrogens with one attached hydrogen (secondary N) is 1. The Morgan fingerprint density at radius 1 is 1.11 bits per heavy atom. The molecule has 0 bridgehead atoms. The average molecular weight is 496 g/mol. The Hall–Kier alpha value is -3.49. The van der Waals surface area contributed by atoms with Crippen LogP contribution in [0.5, 0.6) is 0 Å². The molecule has 11 heteroatoms. The average Bonchev–Trinajstić information content (AvgIpc) is 3.38. The Balaban J connectivity index is 1.05. The van der Waals surface area contributed by atoms with Crippen molar-refractivity contribution >= 4 is 17.4 Å². The molecule has 11 nitrogen and oxygen atoms in total. The quantitative estimate of drug-likeness (QED) is 0.479. The third kappa shape index (κ3) is 6.59. The highest BCUT2D eigenvalue weighted by atomic mass is 16.5. The first kappa shape index (κ1) is 25.6. The van der Waals surface area contributed by atoms with E-state index in [-0.39, 0.29) is 11.5 Å². The van der Waals surface area contributed by atoms with E-state index >= 15 is 0 Å². The Labute approximate surface area is 210 Å². The number of pyridine rings is 1. The number of H-pyrrole nitrogens is 1. The van der Waals surface area contributed by atoms with E-state index in [1.165, 1.54) is 0 Å². The number of rotatable bonds is 10. The van der Waals surface area contributed by atoms with Crippen LogP contribution in [0.15, 0.2) is 29.3 Å². The van der Waals surface area contributed by atoms with E-state index < -0.39 is 0 Å². The molecule has 2 aliphatic heterocycles. The van der Waals surface area contributed by atoms with Crippen LogP contribution >= 0.6 is 0 Å². The molecule has 2 fully saturated rings. The minimum absolute atomic E-state index is 0.0962. The molecule has 4 rings (SSSR count). The van der Waals surface area contributed by atoms with E-state index in [1.54, 1.807) is 18.5 Å². The number of nitrogens with zero attached hydrogens (tertiary/aromatic N) is 6. The van der Waals surface area contributed by atoms with E-state index in [2.05, 4.69) is 31.1 Å². The molecule has 1 N–H and O–H groups in total. The minimum Gasteiger partial charge on any atom is -0.379 e. The summed E-state index contributed by atoms with van der Waals surface area (Å²) in [5.41, 5.74) is 1.98. The standard InChI is InChI=1S/C25H33N7O4/c1-19-22(16-28-29-25(19)34)32-6-4-21(17-32)18-36-13-12-35-11-5-24(33)31-9-7-30(8-10-31)23-3-2-20(14-26)15-27-23/h2-3,15-16,21H,4-13,17-18H2,1H3,(H,29,34). The molecule has 0 spiro atoms. The van der Waals surface area contributed by atoms with Crippen LogP contribution < -0.4 is 15.4 Å². The van der Waals surface area contributed by atoms with Crippen molar-refractivity contribution in [2.45, 2.75) is 19.8 Å². The maximum atomic E-state index is 12.5. The van der Waals surface area contributed by atoms with Gasteiger partial charge in [-0.2, -0.15) is 10.4 Å². The summed E-state index contributed by atoms with van der Waals surface area (Å²) in [6.45, 7) is 8.25. The van der Waals surface area contributed by atoms with E-state index in [0.29, 0.717) is 63.0 Å². The zero-order valence-corrected chi connectivity index (χ0v) is 20.7. The lowest BCUT2D eigenvalue weighted by atomic mass is 10.1. The lowest BCUT2D eigenvalue weighted by Crippen LogP contribution is -2.49. The van der Waals surface area contributed by atoms with Crippen molar-refractivity contribution in [3.05, 3.63) is 46.0 Å². The molecule has 1 unspecified atom stereocenters. The highest BCUT2D eigenvalue weighted by Gasteiger charge is 2.25. The fraction of sp³-hybridized carbons (Fsp3) is 0.560. The normalized spacial score (nSPS) is 17.9. The molecule has 1 atom stereocenters. The third-order valence-corrected chi connectivity index (χ3v) is 6.72. The summed E-state index contributed by atoms with van der Waals surface area (Å²) in [5, 5.41) is 15.3. The van der Waals surface area contributed by atoms with Crippen molar-refractivity contribution in [1.82, 2.24) is 20.1 Å². The van der Waals surface area contributed by atoms with Gasteiger partial charge in [0.05, 0.1) is 50.3 Å². The first-order valence-electron chi connectivity index (χ1n) is 12.4. The number of aromatic nitrogens is 3. The number of nitriles is 1. The number of piperazine rings is 1. The Kier molecular flexibility index (Phi) is 8.86. The molecule has 0 aromatic carbocycles. The Morgan fingerprint density at radius 3 is 2.67 bits per heavy atom. The molecule has 0 aliphatic carbocycles. The molecular weight excluding hydrogens is 462 g/mol. The molecule has 4 heterocycles. The van der Waals surface area contributed by atoms with Gasteiger partial charge in [0.15, 0.2) is 0 Å². The molecule has 0 saturated carbocycles. The van der Waals surface area contributed by atoms with Crippen LogP contribution in [-0.4, -0.2) is 91.7 Å². The highest BCUT2D eigenvalue weighted by molar-refractivity contribution is 5.76. The molecule has 192 valence electrons. The molecule has 2 aliphatic rings. The SMILES string of the molecule is Cc1c(N2CCC(COCCOCCC(=O)N3CCN(c4ccc(C#N)cn4)CC3)C2)cn[nH]c1=O. The van der Waals surface area contributed by atoms with Crippen LogP contribution in [0.3, 0.4) is 0 Å². The molecule has 2 aromatic rings. The molecule has 1 amide bonds. The zero-order valence-electron chi connectivity index (χ0n) is 20.7. The number of hydrogen-bond donors (Lipinski definition) is 1. The van der Waals surface area contributed by atoms with Crippen molar-refractivity contribution in [2.24, 2.45) is 5.92 Å². The van der Waals surface area contributed by atoms with Crippen molar-refractivity contribution in [2.75, 3.05) is 75.5 Å². The maximum Gasteiger partial charge on any atom is 0.269 e. The second-order valence-electron chi connectivity index (χ2n) is 9.13. The van der Waals surface area contributed by atoms with Crippen LogP contribution in [0.2, 0.25) is 0 Å². The van der Waals surface area contributed by atoms with Gasteiger partial charge in [0.2, 0.25) is 5.91 Å². The number of aromatic amines is 1. The van der Waals surface area contributed by atoms with Gasteiger partial charge < -0.3 is 24.2 Å². The van der Waals surface area contributed by atoms with Gasteiger partial charge in [0.25, 0.3) is 5.56 Å². The summed E-state index contributed by atoms with van der Waals surface area (Å²) in [4.78, 5) is 34.8. The van der Waals surface area contributed by atoms with Gasteiger partial charge >= 0.3 is 0 Å². The van der Waals surface area contributed by atoms with Gasteiger partial charge in [-0.25, -0.2) is 10.1 Å². The van der Waals surface area contributed by atoms with Crippen molar-refractivity contribution in [1.29, 1.82) is 5.26 Å². The van der Waals surface area contributed by atoms with Gasteiger partial charge in [-0.3, -0.25) is 9.59 Å². The summed E-state index contributed by atoms with van der Waals surface area (Å²) in [5.74, 6) is 1.33. The van der Waals surface area contributed by atoms with E-state index in [0.717, 1.165) is 44.1 Å². The van der Waals surface area contributed by atoms with Gasteiger partial charge in [-0.15, -0.1) is 0 Å². The fourth-order valence-corrected chi connectivity index (χ4v) is 4.57. The van der Waals surface area contributed by atoms with Crippen molar-refractivity contribution in [3.63, 3.8) is 0 Å². The van der Waals surface area contributed by atoms with Gasteiger partial charge in [0, 0.05) is 56.9 Å². The number of carbonyl (C=O) groups excluding carboxylic acids is 1. The summed E-state index contributed by atoms with van der Waals surface area (Å²) >= 11 is 0. The largest absolute Gasteiger partial charge is 0.379 e. The fourth-order valence-electron chi connectivity index (χ4n) is 4.57. The summed E-state index contributed by atoms with van der Waals surface area (Å²) < 4.78 is 11.4. The van der Waals surface area contributed by atoms with Crippen LogP contribution in [0.4, 0.5) is 11.5 Å². The van der Waals surface area contributed by atoms with Crippen molar-refractivity contribution in [3.8, 4) is 6.07 Å². The maximum absolute atomic E-state index is 12.5. The Morgan fingerprint density at radius 2 is 1.92 bits per heavy atom. The first-order chi connectivity index (χ1) is 17.5. The Bertz CT molecular complexity index is 1110. The van der Waals surface area contributed by atoms with E-state index in [9.17, 15) is 9.59 Å². The number of carbonyl (C=O) groups is 1. The number of amides is 1. The summed E-state index contributed by atoms with van der Waals surface area (Å²) in [7, 11) is 0. The lowest BCUT2D eigenvalue weighted by Gasteiger charge is -2.35. The van der Waals surface area contributed by atoms with Crippen LogP contribution in [0, 0.1) is 24.2 Å². The predicted octanol–water partition coefficient (Wildman–Crippen LogP) is 0.943. The predicted molar refractivity (Wildman–Crippen MR) is 134 cm³/mol. The molecule has 36 heavy (non-hydrogen) atoms. The lowest BCUT2D eigenvalue weighted by molar-refractivity contribution is -0.132. The van der Waals surface area contributed by atoms with Gasteiger partial charge in [-0.1, -0.05) is 0 Å². The van der Waals surface area contributed by atoms with Crippen LogP contribution in [-0.2, 0) is 14.3 Å². The van der Waals surface area contributed by atoms with Crippen molar-refractivity contribution < 1.29 is 14.3 Å². The summed E-state index contributed by atoms with van der Waals surface area (Å²) in [6, 6.07) is 5.68. The highest BCUT2D eigenvalue weighted by Crippen LogP contribution is 2.24.